The number of pyridine rings is 1. The zero-order valence-corrected chi connectivity index (χ0v) is 15.6. The largest absolute Gasteiger partial charge is 0.361 e. The first-order valence-corrected chi connectivity index (χ1v) is 8.85. The van der Waals surface area contributed by atoms with E-state index in [2.05, 4.69) is 38.2 Å². The number of hydrogen-bond acceptors (Lipinski definition) is 5. The lowest BCUT2D eigenvalue weighted by Gasteiger charge is -2.15. The molecule has 1 aromatic carbocycles. The van der Waals surface area contributed by atoms with E-state index in [1.807, 2.05) is 43.5 Å². The summed E-state index contributed by atoms with van der Waals surface area (Å²) in [5.41, 5.74) is 6.76. The molecule has 0 aliphatic heterocycles. The Morgan fingerprint density at radius 3 is 2.75 bits per heavy atom. The first-order valence-electron chi connectivity index (χ1n) is 8.85. The molecule has 3 aromatic heterocycles. The smallest absolute Gasteiger partial charge is 0.103 e. The van der Waals surface area contributed by atoms with E-state index in [9.17, 15) is 5.26 Å². The zero-order chi connectivity index (χ0) is 19.5. The Morgan fingerprint density at radius 1 is 1.07 bits per heavy atom. The fourth-order valence-corrected chi connectivity index (χ4v) is 3.16. The maximum atomic E-state index is 9.62. The van der Waals surface area contributed by atoms with E-state index >= 15 is 0 Å². The highest BCUT2D eigenvalue weighted by Gasteiger charge is 2.13. The van der Waals surface area contributed by atoms with Crippen molar-refractivity contribution in [2.45, 2.75) is 13.8 Å². The molecule has 28 heavy (non-hydrogen) atoms. The van der Waals surface area contributed by atoms with Gasteiger partial charge in [-0.1, -0.05) is 0 Å². The van der Waals surface area contributed by atoms with Crippen LogP contribution in [0.25, 0.3) is 23.1 Å². The highest BCUT2D eigenvalue weighted by atomic mass is 14.9. The van der Waals surface area contributed by atoms with Crippen LogP contribution in [0.3, 0.4) is 0 Å². The number of benzene rings is 1. The number of nitriles is 1. The summed E-state index contributed by atoms with van der Waals surface area (Å²) in [5.74, 6) is 0. The lowest BCUT2D eigenvalue weighted by molar-refractivity contribution is 1.17. The maximum absolute atomic E-state index is 9.62. The summed E-state index contributed by atoms with van der Waals surface area (Å²) < 4.78 is 0. The molecule has 0 bridgehead atoms. The number of nitrogens with one attached hydrogen (secondary N) is 2. The van der Waals surface area contributed by atoms with Crippen LogP contribution in [0.5, 0.6) is 0 Å². The number of rotatable bonds is 4. The van der Waals surface area contributed by atoms with Gasteiger partial charge < -0.3 is 10.3 Å². The molecule has 0 spiro atoms. The minimum atomic E-state index is 0.484. The number of aryl methyl sites for hydroxylation is 2. The lowest BCUT2D eigenvalue weighted by atomic mass is 10.0. The topological polar surface area (TPSA) is 90.3 Å². The van der Waals surface area contributed by atoms with Gasteiger partial charge in [0.1, 0.15) is 6.07 Å². The summed E-state index contributed by atoms with van der Waals surface area (Å²) in [6, 6.07) is 8.33. The zero-order valence-electron chi connectivity index (χ0n) is 15.6. The number of H-pyrrole nitrogens is 1. The van der Waals surface area contributed by atoms with Crippen molar-refractivity contribution in [1.29, 1.82) is 5.26 Å². The molecule has 4 aromatic rings. The van der Waals surface area contributed by atoms with Gasteiger partial charge in [-0.05, 0) is 49.8 Å². The minimum Gasteiger partial charge on any atom is -0.361 e. The second kappa shape index (κ2) is 7.33. The standard InChI is InChI=1S/C22H18N6/c1-14-18-7-8-26-21(18)6-5-20(14)28-22-16(11-23)12-27-15(2)19(22)4-3-17-13-24-9-10-25-17/h3-10,12-13,26H,1-2H3,(H,27,28). The molecule has 0 aliphatic carbocycles. The van der Waals surface area contributed by atoms with Gasteiger partial charge in [-0.25, -0.2) is 0 Å². The minimum absolute atomic E-state index is 0.484. The third-order valence-corrected chi connectivity index (χ3v) is 4.70. The molecule has 0 saturated heterocycles. The van der Waals surface area contributed by atoms with Gasteiger partial charge in [0.25, 0.3) is 0 Å². The first-order chi connectivity index (χ1) is 13.7. The highest BCUT2D eigenvalue weighted by molar-refractivity contribution is 5.90. The number of hydrogen-bond donors (Lipinski definition) is 2. The summed E-state index contributed by atoms with van der Waals surface area (Å²) in [7, 11) is 0. The van der Waals surface area contributed by atoms with Crippen LogP contribution in [0.2, 0.25) is 0 Å². The van der Waals surface area contributed by atoms with Crippen LogP contribution in [-0.2, 0) is 0 Å². The molecule has 3 heterocycles. The molecule has 6 heteroatoms. The molecule has 0 fully saturated rings. The van der Waals surface area contributed by atoms with Gasteiger partial charge in [-0.15, -0.1) is 0 Å². The van der Waals surface area contributed by atoms with E-state index in [4.69, 9.17) is 0 Å². The van der Waals surface area contributed by atoms with E-state index in [0.29, 0.717) is 5.56 Å². The van der Waals surface area contributed by atoms with E-state index in [1.54, 1.807) is 24.8 Å². The molecule has 0 aliphatic rings. The molecule has 0 saturated carbocycles. The predicted molar refractivity (Wildman–Crippen MR) is 111 cm³/mol. The van der Waals surface area contributed by atoms with Crippen molar-refractivity contribution in [1.82, 2.24) is 19.9 Å². The van der Waals surface area contributed by atoms with Crippen molar-refractivity contribution < 1.29 is 0 Å². The first kappa shape index (κ1) is 17.4. The predicted octanol–water partition coefficient (Wildman–Crippen LogP) is 4.76. The van der Waals surface area contributed by atoms with Crippen LogP contribution in [0.4, 0.5) is 11.4 Å². The van der Waals surface area contributed by atoms with Crippen LogP contribution in [0.1, 0.15) is 28.1 Å². The Balaban J connectivity index is 1.80. The fourth-order valence-electron chi connectivity index (χ4n) is 3.16. The summed E-state index contributed by atoms with van der Waals surface area (Å²) in [6.07, 6.45) is 12.3. The van der Waals surface area contributed by atoms with Crippen molar-refractivity contribution in [3.63, 3.8) is 0 Å². The molecule has 0 amide bonds. The van der Waals surface area contributed by atoms with Crippen LogP contribution in [-0.4, -0.2) is 19.9 Å². The van der Waals surface area contributed by atoms with Crippen molar-refractivity contribution in [2.75, 3.05) is 5.32 Å². The van der Waals surface area contributed by atoms with Gasteiger partial charge in [0.05, 0.1) is 23.1 Å². The second-order valence-electron chi connectivity index (χ2n) is 6.42. The van der Waals surface area contributed by atoms with Gasteiger partial charge in [0, 0.05) is 52.6 Å². The Morgan fingerprint density at radius 2 is 1.96 bits per heavy atom. The van der Waals surface area contributed by atoms with Gasteiger partial charge in [-0.3, -0.25) is 15.0 Å². The van der Waals surface area contributed by atoms with E-state index in [1.165, 1.54) is 0 Å². The highest BCUT2D eigenvalue weighted by Crippen LogP contribution is 2.32. The average Bonchev–Trinajstić information content (AvgIpc) is 3.20. The Bertz CT molecular complexity index is 1220. The molecule has 0 radical (unpaired) electrons. The van der Waals surface area contributed by atoms with E-state index in [0.717, 1.165) is 44.8 Å². The Labute approximate surface area is 162 Å². The van der Waals surface area contributed by atoms with Crippen LogP contribution >= 0.6 is 0 Å². The molecule has 4 rings (SSSR count). The van der Waals surface area contributed by atoms with Crippen molar-refractivity contribution >= 4 is 34.4 Å². The second-order valence-corrected chi connectivity index (χ2v) is 6.42. The number of nitrogens with zero attached hydrogens (tertiary/aromatic N) is 4. The van der Waals surface area contributed by atoms with Crippen LogP contribution < -0.4 is 5.32 Å². The maximum Gasteiger partial charge on any atom is 0.103 e. The monoisotopic (exact) mass is 366 g/mol. The molecule has 2 N–H and O–H groups in total. The van der Waals surface area contributed by atoms with Gasteiger partial charge >= 0.3 is 0 Å². The summed E-state index contributed by atoms with van der Waals surface area (Å²) in [4.78, 5) is 15.9. The van der Waals surface area contributed by atoms with Crippen LogP contribution in [0, 0.1) is 25.2 Å². The quantitative estimate of drug-likeness (QED) is 0.544. The van der Waals surface area contributed by atoms with Crippen LogP contribution in [0.15, 0.2) is 49.2 Å². The molecule has 0 unspecified atom stereocenters. The average molecular weight is 366 g/mol. The molecular weight excluding hydrogens is 348 g/mol. The summed E-state index contributed by atoms with van der Waals surface area (Å²) >= 11 is 0. The number of aromatic nitrogens is 4. The summed E-state index contributed by atoms with van der Waals surface area (Å²) in [5, 5.41) is 14.2. The lowest BCUT2D eigenvalue weighted by Crippen LogP contribution is -2.02. The third-order valence-electron chi connectivity index (χ3n) is 4.70. The van der Waals surface area contributed by atoms with E-state index in [-0.39, 0.29) is 0 Å². The van der Waals surface area contributed by atoms with Gasteiger partial charge in [0.15, 0.2) is 0 Å². The van der Waals surface area contributed by atoms with Crippen molar-refractivity contribution in [2.24, 2.45) is 0 Å². The van der Waals surface area contributed by atoms with Gasteiger partial charge in [-0.2, -0.15) is 5.26 Å². The molecule has 6 nitrogen and oxygen atoms in total. The Kier molecular flexibility index (Phi) is 4.56. The summed E-state index contributed by atoms with van der Waals surface area (Å²) in [6.45, 7) is 3.98. The fraction of sp³-hybridized carbons (Fsp3) is 0.0909. The number of aromatic amines is 1. The van der Waals surface area contributed by atoms with Gasteiger partial charge in [0.2, 0.25) is 0 Å². The molecule has 136 valence electrons. The Hall–Kier alpha value is -3.98. The molecular formula is C22H18N6. The molecule has 0 atom stereocenters. The number of fused-ring (bicyclic) bond motifs is 1. The van der Waals surface area contributed by atoms with Crippen molar-refractivity contribution in [3.8, 4) is 6.07 Å². The van der Waals surface area contributed by atoms with Crippen molar-refractivity contribution in [3.05, 3.63) is 77.3 Å². The van der Waals surface area contributed by atoms with E-state index < -0.39 is 0 Å². The SMILES string of the molecule is Cc1ncc(C#N)c(Nc2ccc3[nH]ccc3c2C)c1C=Cc1cnccn1. The third kappa shape index (κ3) is 3.21. The normalized spacial score (nSPS) is 11.0. The number of anilines is 2.